The Kier molecular flexibility index (Phi) is 8.20. The summed E-state index contributed by atoms with van der Waals surface area (Å²) in [6, 6.07) is 4.74. The van der Waals surface area contributed by atoms with Gasteiger partial charge in [0, 0.05) is 24.2 Å². The van der Waals surface area contributed by atoms with Crippen molar-refractivity contribution < 1.29 is 14.9 Å². The Morgan fingerprint density at radius 2 is 1.39 bits per heavy atom. The van der Waals surface area contributed by atoms with Crippen molar-refractivity contribution in [1.29, 1.82) is 0 Å². The minimum Gasteiger partial charge on any atom is -0.507 e. The summed E-state index contributed by atoms with van der Waals surface area (Å²) >= 11 is 0. The second-order valence-corrected chi connectivity index (χ2v) is 15.6. The van der Waals surface area contributed by atoms with Crippen LogP contribution in [0.4, 0.5) is 0 Å². The number of hydrogen-bond acceptors (Lipinski definition) is 5. The first kappa shape index (κ1) is 28.6. The van der Waals surface area contributed by atoms with E-state index < -0.39 is 0 Å². The van der Waals surface area contributed by atoms with Gasteiger partial charge in [-0.2, -0.15) is 0 Å². The average Bonchev–Trinajstić information content (AvgIpc) is 3.49. The standard InChI is InChI=1S/C36H56N2O3/c1-26-18-28-20-27(2)36(33(19-26)21-28)13-12-35(40-41-36)10-8-29(9-11-35)30-22-31(24-37-14-4-3-5-15-37)34(39)32(23-30)25-38-16-6-7-17-38/h22-23,26-29,33,39H,3-21,24-25H2,1-2H3. The van der Waals surface area contributed by atoms with E-state index in [9.17, 15) is 5.11 Å². The molecule has 3 saturated heterocycles. The Hall–Kier alpha value is -1.14. The number of rotatable bonds is 5. The van der Waals surface area contributed by atoms with Crippen LogP contribution in [0.15, 0.2) is 12.1 Å². The summed E-state index contributed by atoms with van der Waals surface area (Å²) in [6.07, 6.45) is 18.7. The Morgan fingerprint density at radius 3 is 2.00 bits per heavy atom. The fourth-order valence-electron chi connectivity index (χ4n) is 10.3. The van der Waals surface area contributed by atoms with Crippen LogP contribution in [0.5, 0.6) is 5.75 Å². The van der Waals surface area contributed by atoms with Crippen molar-refractivity contribution in [1.82, 2.24) is 9.80 Å². The van der Waals surface area contributed by atoms with Crippen LogP contribution in [0.3, 0.4) is 0 Å². The van der Waals surface area contributed by atoms with Gasteiger partial charge in [-0.15, -0.1) is 0 Å². The highest BCUT2D eigenvalue weighted by Gasteiger charge is 2.57. The monoisotopic (exact) mass is 564 g/mol. The number of hydrogen-bond donors (Lipinski definition) is 1. The van der Waals surface area contributed by atoms with E-state index in [-0.39, 0.29) is 11.2 Å². The maximum absolute atomic E-state index is 11.4. The summed E-state index contributed by atoms with van der Waals surface area (Å²) in [5.74, 6) is 4.13. The fraction of sp³-hybridized carbons (Fsp3) is 0.833. The van der Waals surface area contributed by atoms with E-state index in [0.717, 1.165) is 94.3 Å². The molecule has 2 spiro atoms. The van der Waals surface area contributed by atoms with Gasteiger partial charge in [0.25, 0.3) is 0 Å². The molecule has 0 amide bonds. The topological polar surface area (TPSA) is 45.2 Å². The molecular weight excluding hydrogens is 508 g/mol. The highest BCUT2D eigenvalue weighted by molar-refractivity contribution is 5.45. The SMILES string of the molecule is CC1CC2CC(C)C3(CCC4(CCC(c5cc(CN6CCCCC6)c(O)c(CN6CCCC6)c5)CC4)OO3)C(C1)C2. The number of nitrogens with zero attached hydrogens (tertiary/aromatic N) is 2. The van der Waals surface area contributed by atoms with Gasteiger partial charge in [-0.05, 0) is 151 Å². The predicted molar refractivity (Wildman–Crippen MR) is 164 cm³/mol. The first-order chi connectivity index (χ1) is 19.9. The first-order valence-corrected chi connectivity index (χ1v) is 17.6. The Balaban J connectivity index is 1.04. The molecule has 5 heteroatoms. The lowest BCUT2D eigenvalue weighted by molar-refractivity contribution is -0.468. The van der Waals surface area contributed by atoms with Crippen LogP contribution in [0.25, 0.3) is 0 Å². The lowest BCUT2D eigenvalue weighted by Gasteiger charge is -2.57. The van der Waals surface area contributed by atoms with Gasteiger partial charge < -0.3 is 5.11 Å². The molecule has 41 heavy (non-hydrogen) atoms. The van der Waals surface area contributed by atoms with Crippen LogP contribution in [-0.4, -0.2) is 52.3 Å². The van der Waals surface area contributed by atoms with Crippen LogP contribution in [0, 0.1) is 23.7 Å². The summed E-state index contributed by atoms with van der Waals surface area (Å²) in [7, 11) is 0. The van der Waals surface area contributed by atoms with Gasteiger partial charge >= 0.3 is 0 Å². The van der Waals surface area contributed by atoms with Crippen molar-refractivity contribution in [3.8, 4) is 5.75 Å². The molecule has 6 aliphatic rings. The van der Waals surface area contributed by atoms with Crippen LogP contribution in [-0.2, 0) is 22.9 Å². The summed E-state index contributed by atoms with van der Waals surface area (Å²) in [6.45, 7) is 11.3. The quantitative estimate of drug-likeness (QED) is 0.368. The van der Waals surface area contributed by atoms with Gasteiger partial charge in [-0.1, -0.05) is 32.4 Å². The van der Waals surface area contributed by atoms with Gasteiger partial charge in [0.1, 0.15) is 17.0 Å². The largest absolute Gasteiger partial charge is 0.507 e. The zero-order valence-corrected chi connectivity index (χ0v) is 26.0. The van der Waals surface area contributed by atoms with E-state index in [4.69, 9.17) is 9.78 Å². The molecule has 1 N–H and O–H groups in total. The summed E-state index contributed by atoms with van der Waals surface area (Å²) < 4.78 is 0. The van der Waals surface area contributed by atoms with E-state index in [1.807, 2.05) is 0 Å². The van der Waals surface area contributed by atoms with Gasteiger partial charge in [-0.25, -0.2) is 9.78 Å². The van der Waals surface area contributed by atoms with Crippen LogP contribution < -0.4 is 0 Å². The molecule has 7 rings (SSSR count). The van der Waals surface area contributed by atoms with E-state index in [0.29, 0.717) is 23.5 Å². The molecule has 5 atom stereocenters. The predicted octanol–water partition coefficient (Wildman–Crippen LogP) is 7.94. The highest BCUT2D eigenvalue weighted by atomic mass is 17.2. The van der Waals surface area contributed by atoms with E-state index in [1.165, 1.54) is 69.8 Å². The fourth-order valence-corrected chi connectivity index (χ4v) is 10.3. The maximum Gasteiger partial charge on any atom is 0.124 e. The third-order valence-electron chi connectivity index (χ3n) is 12.7. The number of likely N-dealkylation sites (tertiary alicyclic amines) is 2. The number of piperidine rings is 1. The molecule has 3 aliphatic carbocycles. The molecule has 1 aromatic rings. The molecule has 3 heterocycles. The average molecular weight is 565 g/mol. The van der Waals surface area contributed by atoms with E-state index in [2.05, 4.69) is 35.8 Å². The molecule has 0 aromatic heterocycles. The van der Waals surface area contributed by atoms with Crippen LogP contribution in [0.2, 0.25) is 0 Å². The molecule has 1 aromatic carbocycles. The molecule has 3 aliphatic heterocycles. The Labute approximate surface area is 249 Å². The van der Waals surface area contributed by atoms with Gasteiger partial charge in [0.05, 0.1) is 0 Å². The lowest BCUT2D eigenvalue weighted by Crippen LogP contribution is -2.58. The zero-order chi connectivity index (χ0) is 28.0. The first-order valence-electron chi connectivity index (χ1n) is 17.6. The van der Waals surface area contributed by atoms with Crippen molar-refractivity contribution in [2.75, 3.05) is 26.2 Å². The van der Waals surface area contributed by atoms with Crippen molar-refractivity contribution in [2.24, 2.45) is 23.7 Å². The van der Waals surface area contributed by atoms with Crippen molar-refractivity contribution in [3.05, 3.63) is 28.8 Å². The molecule has 3 saturated carbocycles. The molecule has 5 nitrogen and oxygen atoms in total. The second-order valence-electron chi connectivity index (χ2n) is 15.6. The third kappa shape index (κ3) is 5.75. The van der Waals surface area contributed by atoms with Gasteiger partial charge in [0.15, 0.2) is 0 Å². The van der Waals surface area contributed by atoms with Crippen LogP contribution in [0.1, 0.15) is 133 Å². The van der Waals surface area contributed by atoms with Crippen molar-refractivity contribution in [2.45, 2.75) is 140 Å². The molecule has 2 bridgehead atoms. The van der Waals surface area contributed by atoms with Gasteiger partial charge in [-0.3, -0.25) is 9.80 Å². The smallest absolute Gasteiger partial charge is 0.124 e. The second kappa shape index (κ2) is 11.7. The number of fused-ring (bicyclic) bond motifs is 3. The number of aromatic hydroxyl groups is 1. The minimum atomic E-state index is -0.0927. The number of benzene rings is 1. The molecular formula is C36H56N2O3. The molecule has 6 fully saturated rings. The molecule has 0 radical (unpaired) electrons. The van der Waals surface area contributed by atoms with E-state index in [1.54, 1.807) is 0 Å². The molecule has 228 valence electrons. The lowest BCUT2D eigenvalue weighted by atomic mass is 9.56. The minimum absolute atomic E-state index is 0.0436. The summed E-state index contributed by atoms with van der Waals surface area (Å²) in [5.41, 5.74) is 3.63. The normalized spacial score (nSPS) is 40.4. The van der Waals surface area contributed by atoms with Crippen LogP contribution >= 0.6 is 0 Å². The maximum atomic E-state index is 11.4. The van der Waals surface area contributed by atoms with Crippen molar-refractivity contribution in [3.63, 3.8) is 0 Å². The van der Waals surface area contributed by atoms with Crippen molar-refractivity contribution >= 4 is 0 Å². The number of phenols is 1. The molecule has 5 unspecified atom stereocenters. The van der Waals surface area contributed by atoms with Gasteiger partial charge in [0.2, 0.25) is 0 Å². The zero-order valence-electron chi connectivity index (χ0n) is 26.0. The third-order valence-corrected chi connectivity index (χ3v) is 12.7. The Morgan fingerprint density at radius 1 is 0.756 bits per heavy atom. The highest BCUT2D eigenvalue weighted by Crippen LogP contribution is 2.57. The summed E-state index contributed by atoms with van der Waals surface area (Å²) in [4.78, 5) is 18.3. The Bertz CT molecular complexity index is 1040. The summed E-state index contributed by atoms with van der Waals surface area (Å²) in [5, 5.41) is 11.4. The van der Waals surface area contributed by atoms with E-state index >= 15 is 0 Å². The number of phenolic OH excluding ortho intramolecular Hbond substituents is 1.